The number of methoxy groups -OCH3 is 1. The molecule has 1 unspecified atom stereocenters. The van der Waals surface area contributed by atoms with Crippen molar-refractivity contribution in [2.75, 3.05) is 20.3 Å². The van der Waals surface area contributed by atoms with Gasteiger partial charge in [-0.1, -0.05) is 48.0 Å². The molecule has 1 aliphatic rings. The van der Waals surface area contributed by atoms with Crippen LogP contribution in [0.3, 0.4) is 0 Å². The highest BCUT2D eigenvalue weighted by atomic mass is 79.9. The molecule has 0 heterocycles. The van der Waals surface area contributed by atoms with Gasteiger partial charge in [-0.15, -0.1) is 0 Å². The lowest BCUT2D eigenvalue weighted by atomic mass is 9.86. The molecule has 0 spiro atoms. The van der Waals surface area contributed by atoms with E-state index >= 15 is 0 Å². The first kappa shape index (κ1) is 15.0. The highest BCUT2D eigenvalue weighted by molar-refractivity contribution is 9.09. The normalized spacial score (nSPS) is 18.9. The molecule has 17 heavy (non-hydrogen) atoms. The third kappa shape index (κ3) is 7.04. The van der Waals surface area contributed by atoms with Crippen LogP contribution in [-0.4, -0.2) is 31.0 Å². The number of amides is 1. The first-order chi connectivity index (χ1) is 8.22. The fourth-order valence-corrected chi connectivity index (χ4v) is 2.79. The Kier molecular flexibility index (Phi) is 7.86. The smallest absolute Gasteiger partial charge is 0.220 e. The van der Waals surface area contributed by atoms with Crippen LogP contribution < -0.4 is 5.32 Å². The molecule has 3 nitrogen and oxygen atoms in total. The van der Waals surface area contributed by atoms with Crippen molar-refractivity contribution in [2.24, 2.45) is 5.92 Å². The second-order valence-corrected chi connectivity index (χ2v) is 6.19. The number of ether oxygens (including phenoxy) is 1. The Morgan fingerprint density at radius 1 is 1.41 bits per heavy atom. The van der Waals surface area contributed by atoms with Crippen molar-refractivity contribution in [1.29, 1.82) is 0 Å². The van der Waals surface area contributed by atoms with Gasteiger partial charge in [-0.2, -0.15) is 0 Å². The van der Waals surface area contributed by atoms with E-state index in [1.165, 1.54) is 32.1 Å². The van der Waals surface area contributed by atoms with Gasteiger partial charge < -0.3 is 10.1 Å². The fraction of sp³-hybridized carbons (Fsp3) is 0.923. The second kappa shape index (κ2) is 8.92. The van der Waals surface area contributed by atoms with Gasteiger partial charge in [0.1, 0.15) is 0 Å². The van der Waals surface area contributed by atoms with E-state index in [1.807, 2.05) is 0 Å². The van der Waals surface area contributed by atoms with Crippen LogP contribution in [0.25, 0.3) is 0 Å². The molecule has 4 heteroatoms. The summed E-state index contributed by atoms with van der Waals surface area (Å²) in [4.78, 5) is 11.8. The van der Waals surface area contributed by atoms with Gasteiger partial charge in [-0.3, -0.25) is 4.79 Å². The zero-order valence-corrected chi connectivity index (χ0v) is 12.3. The van der Waals surface area contributed by atoms with Crippen molar-refractivity contribution < 1.29 is 9.53 Å². The summed E-state index contributed by atoms with van der Waals surface area (Å²) in [5, 5.41) is 2.94. The highest BCUT2D eigenvalue weighted by Gasteiger charge is 2.15. The lowest BCUT2D eigenvalue weighted by molar-refractivity contribution is -0.121. The number of rotatable bonds is 7. The molecule has 1 aliphatic carbocycles. The first-order valence-electron chi connectivity index (χ1n) is 6.62. The molecule has 1 saturated carbocycles. The molecule has 1 N–H and O–H groups in total. The maximum Gasteiger partial charge on any atom is 0.220 e. The van der Waals surface area contributed by atoms with Crippen molar-refractivity contribution in [3.8, 4) is 0 Å². The molecule has 1 rings (SSSR count). The minimum Gasteiger partial charge on any atom is -0.383 e. The third-order valence-electron chi connectivity index (χ3n) is 3.37. The van der Waals surface area contributed by atoms with E-state index in [1.54, 1.807) is 7.11 Å². The van der Waals surface area contributed by atoms with Crippen LogP contribution in [0.4, 0.5) is 0 Å². The Hall–Kier alpha value is -0.0900. The molecule has 100 valence electrons. The molecule has 1 atom stereocenters. The third-order valence-corrected chi connectivity index (χ3v) is 3.96. The topological polar surface area (TPSA) is 38.3 Å². The van der Waals surface area contributed by atoms with Crippen LogP contribution in [0.1, 0.15) is 44.9 Å². The number of carbonyl (C=O) groups is 1. The van der Waals surface area contributed by atoms with E-state index in [2.05, 4.69) is 21.2 Å². The molecule has 0 saturated heterocycles. The number of hydrogen-bond donors (Lipinski definition) is 1. The largest absolute Gasteiger partial charge is 0.383 e. The molecule has 0 aromatic heterocycles. The number of nitrogens with one attached hydrogen (secondary N) is 1. The van der Waals surface area contributed by atoms with E-state index in [4.69, 9.17) is 4.74 Å². The predicted octanol–water partition coefficient (Wildman–Crippen LogP) is 2.87. The summed E-state index contributed by atoms with van der Waals surface area (Å²) in [6.07, 6.45) is 8.45. The van der Waals surface area contributed by atoms with Gasteiger partial charge in [-0.25, -0.2) is 0 Å². The maximum absolute atomic E-state index is 11.6. The Balaban J connectivity index is 2.04. The second-order valence-electron chi connectivity index (χ2n) is 4.90. The fourth-order valence-electron chi connectivity index (χ4n) is 2.36. The summed E-state index contributed by atoms with van der Waals surface area (Å²) in [6.45, 7) is 1.28. The van der Waals surface area contributed by atoms with E-state index in [0.717, 1.165) is 12.3 Å². The summed E-state index contributed by atoms with van der Waals surface area (Å²) in [5.41, 5.74) is 0. The zero-order valence-electron chi connectivity index (χ0n) is 10.7. The van der Waals surface area contributed by atoms with Crippen molar-refractivity contribution in [1.82, 2.24) is 5.32 Å². The highest BCUT2D eigenvalue weighted by Crippen LogP contribution is 2.27. The van der Waals surface area contributed by atoms with E-state index in [0.29, 0.717) is 19.6 Å². The van der Waals surface area contributed by atoms with Crippen molar-refractivity contribution in [3.05, 3.63) is 0 Å². The number of halogens is 1. The van der Waals surface area contributed by atoms with Gasteiger partial charge in [0.2, 0.25) is 5.91 Å². The molecular weight excluding hydrogens is 282 g/mol. The molecule has 0 radical (unpaired) electrons. The molecular formula is C13H24BrNO2. The minimum absolute atomic E-state index is 0.177. The van der Waals surface area contributed by atoms with Crippen LogP contribution in [0.2, 0.25) is 0 Å². The first-order valence-corrected chi connectivity index (χ1v) is 7.53. The van der Waals surface area contributed by atoms with Gasteiger partial charge in [0, 0.05) is 20.1 Å². The average Bonchev–Trinajstić information content (AvgIpc) is 2.35. The van der Waals surface area contributed by atoms with E-state index in [9.17, 15) is 4.79 Å². The van der Waals surface area contributed by atoms with E-state index < -0.39 is 0 Å². The van der Waals surface area contributed by atoms with Crippen LogP contribution in [0, 0.1) is 5.92 Å². The predicted molar refractivity (Wildman–Crippen MR) is 73.4 cm³/mol. The van der Waals surface area contributed by atoms with Crippen LogP contribution in [0.5, 0.6) is 0 Å². The summed E-state index contributed by atoms with van der Waals surface area (Å²) < 4.78 is 4.99. The molecule has 1 fully saturated rings. The van der Waals surface area contributed by atoms with E-state index in [-0.39, 0.29) is 10.7 Å². The Labute approximate surface area is 113 Å². The maximum atomic E-state index is 11.6. The van der Waals surface area contributed by atoms with Gasteiger partial charge in [0.05, 0.1) is 11.4 Å². The van der Waals surface area contributed by atoms with Crippen molar-refractivity contribution in [2.45, 2.75) is 49.8 Å². The van der Waals surface area contributed by atoms with Crippen molar-refractivity contribution >= 4 is 21.8 Å². The summed E-state index contributed by atoms with van der Waals surface area (Å²) in [6, 6.07) is 0. The minimum atomic E-state index is 0.177. The molecule has 0 aromatic carbocycles. The summed E-state index contributed by atoms with van der Waals surface area (Å²) in [5.74, 6) is 0.962. The molecule has 0 aliphatic heterocycles. The van der Waals surface area contributed by atoms with Crippen LogP contribution in [-0.2, 0) is 9.53 Å². The SMILES string of the molecule is COCC(Br)CNC(=O)CCC1CCCCC1. The lowest BCUT2D eigenvalue weighted by Crippen LogP contribution is -2.31. The molecule has 0 bridgehead atoms. The van der Waals surface area contributed by atoms with Gasteiger partial charge in [-0.05, 0) is 12.3 Å². The average molecular weight is 306 g/mol. The lowest BCUT2D eigenvalue weighted by Gasteiger charge is -2.21. The quantitative estimate of drug-likeness (QED) is 0.735. The van der Waals surface area contributed by atoms with Gasteiger partial charge >= 0.3 is 0 Å². The Morgan fingerprint density at radius 2 is 2.12 bits per heavy atom. The Morgan fingerprint density at radius 3 is 2.76 bits per heavy atom. The van der Waals surface area contributed by atoms with Crippen LogP contribution in [0.15, 0.2) is 0 Å². The number of alkyl halides is 1. The molecule has 0 aromatic rings. The van der Waals surface area contributed by atoms with Gasteiger partial charge in [0.15, 0.2) is 0 Å². The number of carbonyl (C=O) groups excluding carboxylic acids is 1. The summed E-state index contributed by atoms with van der Waals surface area (Å²) >= 11 is 3.45. The zero-order chi connectivity index (χ0) is 12.5. The van der Waals surface area contributed by atoms with Gasteiger partial charge in [0.25, 0.3) is 0 Å². The Bertz CT molecular complexity index is 217. The van der Waals surface area contributed by atoms with Crippen LogP contribution >= 0.6 is 15.9 Å². The summed E-state index contributed by atoms with van der Waals surface area (Å²) in [7, 11) is 1.67. The molecule has 1 amide bonds. The monoisotopic (exact) mass is 305 g/mol. The number of hydrogen-bond acceptors (Lipinski definition) is 2. The van der Waals surface area contributed by atoms with Crippen molar-refractivity contribution in [3.63, 3.8) is 0 Å². The standard InChI is InChI=1S/C13H24BrNO2/c1-17-10-12(14)9-15-13(16)8-7-11-5-3-2-4-6-11/h11-12H,2-10H2,1H3,(H,15,16).